The third-order valence-electron chi connectivity index (χ3n) is 6.85. The highest BCUT2D eigenvalue weighted by molar-refractivity contribution is 5.94. The summed E-state index contributed by atoms with van der Waals surface area (Å²) in [6.45, 7) is 3.42. The number of benzene rings is 1. The largest absolute Gasteiger partial charge is 0.378 e. The van der Waals surface area contributed by atoms with Crippen LogP contribution >= 0.6 is 0 Å². The lowest BCUT2D eigenvalue weighted by molar-refractivity contribution is 0.0511. The topological polar surface area (TPSA) is 148 Å². The van der Waals surface area contributed by atoms with Gasteiger partial charge in [-0.2, -0.15) is 15.0 Å². The van der Waals surface area contributed by atoms with Crippen LogP contribution in [0.2, 0.25) is 0 Å². The minimum atomic E-state index is -0.130. The maximum atomic E-state index is 12.4. The van der Waals surface area contributed by atoms with Crippen LogP contribution in [0.3, 0.4) is 0 Å². The highest BCUT2D eigenvalue weighted by Crippen LogP contribution is 2.24. The summed E-state index contributed by atoms with van der Waals surface area (Å²) in [7, 11) is 0. The number of hydrogen-bond donors (Lipinski definition) is 5. The predicted octanol–water partition coefficient (Wildman–Crippen LogP) is 2.91. The van der Waals surface area contributed by atoms with Crippen molar-refractivity contribution in [3.8, 4) is 0 Å². The summed E-state index contributed by atoms with van der Waals surface area (Å²) in [5.41, 5.74) is 6.99. The first-order valence-corrected chi connectivity index (χ1v) is 14.0. The van der Waals surface area contributed by atoms with E-state index >= 15 is 0 Å². The SMILES string of the molecule is NCCOCCOCCNC(=O)c1ccc(CNc2nc(NC3CCCCC3)nc(NC3CCC3)n2)cc1. The molecule has 0 aliphatic heterocycles. The van der Waals surface area contributed by atoms with Crippen molar-refractivity contribution in [2.45, 2.75) is 70.0 Å². The molecule has 4 rings (SSSR count). The number of nitrogens with zero attached hydrogens (tertiary/aromatic N) is 3. The first-order valence-electron chi connectivity index (χ1n) is 14.0. The Morgan fingerprint density at radius 2 is 1.39 bits per heavy atom. The molecule has 2 aliphatic rings. The lowest BCUT2D eigenvalue weighted by Crippen LogP contribution is -2.29. The Bertz CT molecular complexity index is 981. The Balaban J connectivity index is 1.25. The molecule has 0 saturated heterocycles. The van der Waals surface area contributed by atoms with E-state index in [2.05, 4.69) is 36.2 Å². The number of carbonyl (C=O) groups excluding carboxylic acids is 1. The first kappa shape index (κ1) is 28.0. The van der Waals surface area contributed by atoms with Crippen molar-refractivity contribution in [2.24, 2.45) is 5.73 Å². The maximum absolute atomic E-state index is 12.4. The summed E-state index contributed by atoms with van der Waals surface area (Å²) in [6.07, 6.45) is 9.63. The highest BCUT2D eigenvalue weighted by atomic mass is 16.5. The van der Waals surface area contributed by atoms with Gasteiger partial charge in [0.05, 0.1) is 26.4 Å². The van der Waals surface area contributed by atoms with Gasteiger partial charge < -0.3 is 36.5 Å². The van der Waals surface area contributed by atoms with E-state index in [1.165, 1.54) is 25.7 Å². The Morgan fingerprint density at radius 3 is 2.00 bits per heavy atom. The standard InChI is InChI=1S/C27H42N8O3/c28-13-15-37-17-18-38-16-14-29-24(36)21-11-9-20(10-12-21)19-30-25-33-26(31-22-5-2-1-3-6-22)35-27(34-25)32-23-7-4-8-23/h9-12,22-23H,1-8,13-19,28H2,(H,29,36)(H3,30,31,32,33,34,35). The van der Waals surface area contributed by atoms with Crippen molar-refractivity contribution in [3.05, 3.63) is 35.4 Å². The second-order valence-corrected chi connectivity index (χ2v) is 9.88. The summed E-state index contributed by atoms with van der Waals surface area (Å²) >= 11 is 0. The molecule has 2 saturated carbocycles. The van der Waals surface area contributed by atoms with Crippen molar-refractivity contribution in [2.75, 3.05) is 55.5 Å². The van der Waals surface area contributed by atoms with Crippen LogP contribution in [0.1, 0.15) is 67.3 Å². The van der Waals surface area contributed by atoms with Crippen molar-refractivity contribution < 1.29 is 14.3 Å². The normalized spacial score (nSPS) is 16.0. The summed E-state index contributed by atoms with van der Waals surface area (Å²) in [5.74, 6) is 1.64. The van der Waals surface area contributed by atoms with Crippen LogP contribution in [0.5, 0.6) is 0 Å². The van der Waals surface area contributed by atoms with E-state index in [4.69, 9.17) is 15.2 Å². The van der Waals surface area contributed by atoms with E-state index in [1.807, 2.05) is 24.3 Å². The number of carbonyl (C=O) groups is 1. The predicted molar refractivity (Wildman–Crippen MR) is 148 cm³/mol. The average molecular weight is 527 g/mol. The number of amides is 1. The number of anilines is 3. The second kappa shape index (κ2) is 15.4. The molecule has 0 spiro atoms. The number of nitrogens with one attached hydrogen (secondary N) is 4. The fourth-order valence-corrected chi connectivity index (χ4v) is 4.45. The van der Waals surface area contributed by atoms with Gasteiger partial charge in [-0.25, -0.2) is 0 Å². The molecule has 6 N–H and O–H groups in total. The molecule has 0 bridgehead atoms. The van der Waals surface area contributed by atoms with E-state index in [1.54, 1.807) is 0 Å². The number of ether oxygens (including phenoxy) is 2. The number of hydrogen-bond acceptors (Lipinski definition) is 10. The molecule has 0 atom stereocenters. The average Bonchev–Trinajstić information content (AvgIpc) is 2.92. The molecule has 0 unspecified atom stereocenters. The Morgan fingerprint density at radius 1 is 0.789 bits per heavy atom. The van der Waals surface area contributed by atoms with Crippen molar-refractivity contribution in [1.82, 2.24) is 20.3 Å². The first-order chi connectivity index (χ1) is 18.7. The van der Waals surface area contributed by atoms with E-state index in [9.17, 15) is 4.79 Å². The zero-order valence-corrected chi connectivity index (χ0v) is 22.2. The maximum Gasteiger partial charge on any atom is 0.251 e. The van der Waals surface area contributed by atoms with Crippen LogP contribution in [0.4, 0.5) is 17.8 Å². The van der Waals surface area contributed by atoms with Crippen molar-refractivity contribution in [3.63, 3.8) is 0 Å². The molecule has 11 heteroatoms. The fourth-order valence-electron chi connectivity index (χ4n) is 4.45. The van der Waals surface area contributed by atoms with Gasteiger partial charge in [0.1, 0.15) is 0 Å². The molecule has 38 heavy (non-hydrogen) atoms. The molecule has 1 aromatic carbocycles. The number of nitrogens with two attached hydrogens (primary N) is 1. The highest BCUT2D eigenvalue weighted by Gasteiger charge is 2.20. The summed E-state index contributed by atoms with van der Waals surface area (Å²) in [6, 6.07) is 8.36. The Labute approximate surface area is 225 Å². The summed E-state index contributed by atoms with van der Waals surface area (Å²) in [5, 5.41) is 13.2. The molecular weight excluding hydrogens is 484 g/mol. The summed E-state index contributed by atoms with van der Waals surface area (Å²) in [4.78, 5) is 26.3. The van der Waals surface area contributed by atoms with Crippen molar-refractivity contribution in [1.29, 1.82) is 0 Å². The van der Waals surface area contributed by atoms with Gasteiger partial charge in [0.15, 0.2) is 0 Å². The van der Waals surface area contributed by atoms with Crippen molar-refractivity contribution >= 4 is 23.8 Å². The van der Waals surface area contributed by atoms with Crippen LogP contribution in [0, 0.1) is 0 Å². The third-order valence-corrected chi connectivity index (χ3v) is 6.85. The quantitative estimate of drug-likeness (QED) is 0.207. The van der Waals surface area contributed by atoms with Crippen LogP contribution in [0.15, 0.2) is 24.3 Å². The second-order valence-electron chi connectivity index (χ2n) is 9.88. The van der Waals surface area contributed by atoms with E-state index < -0.39 is 0 Å². The van der Waals surface area contributed by atoms with Gasteiger partial charge in [-0.1, -0.05) is 31.4 Å². The van der Waals surface area contributed by atoms with Crippen LogP contribution in [-0.2, 0) is 16.0 Å². The fraction of sp³-hybridized carbons (Fsp3) is 0.630. The smallest absolute Gasteiger partial charge is 0.251 e. The number of rotatable bonds is 16. The van der Waals surface area contributed by atoms with E-state index in [0.29, 0.717) is 81.6 Å². The van der Waals surface area contributed by atoms with Crippen LogP contribution in [0.25, 0.3) is 0 Å². The van der Waals surface area contributed by atoms with Gasteiger partial charge in [-0.15, -0.1) is 0 Å². The van der Waals surface area contributed by atoms with Gasteiger partial charge in [-0.3, -0.25) is 4.79 Å². The molecule has 208 valence electrons. The molecule has 2 aromatic rings. The lowest BCUT2D eigenvalue weighted by atomic mass is 9.93. The minimum Gasteiger partial charge on any atom is -0.378 e. The van der Waals surface area contributed by atoms with Crippen LogP contribution < -0.4 is 27.0 Å². The molecular formula is C27H42N8O3. The number of aromatic nitrogens is 3. The van der Waals surface area contributed by atoms with Gasteiger partial charge >= 0.3 is 0 Å². The Hall–Kier alpha value is -3.02. The molecule has 11 nitrogen and oxygen atoms in total. The molecule has 2 aliphatic carbocycles. The van der Waals surface area contributed by atoms with Crippen LogP contribution in [-0.4, -0.2) is 72.5 Å². The minimum absolute atomic E-state index is 0.130. The molecule has 2 fully saturated rings. The third kappa shape index (κ3) is 9.38. The molecule has 1 heterocycles. The molecule has 0 radical (unpaired) electrons. The van der Waals surface area contributed by atoms with Gasteiger partial charge in [-0.05, 0) is 49.8 Å². The molecule has 1 amide bonds. The van der Waals surface area contributed by atoms with E-state index in [-0.39, 0.29) is 5.91 Å². The Kier molecular flexibility index (Phi) is 11.4. The van der Waals surface area contributed by atoms with Gasteiger partial charge in [0.2, 0.25) is 17.8 Å². The lowest BCUT2D eigenvalue weighted by Gasteiger charge is -2.27. The monoisotopic (exact) mass is 526 g/mol. The molecule has 1 aromatic heterocycles. The summed E-state index contributed by atoms with van der Waals surface area (Å²) < 4.78 is 10.7. The zero-order chi connectivity index (χ0) is 26.4. The van der Waals surface area contributed by atoms with Gasteiger partial charge in [0.25, 0.3) is 5.91 Å². The van der Waals surface area contributed by atoms with E-state index in [0.717, 1.165) is 31.2 Å². The van der Waals surface area contributed by atoms with Gasteiger partial charge in [0, 0.05) is 37.3 Å². The zero-order valence-electron chi connectivity index (χ0n) is 22.2.